The topological polar surface area (TPSA) is 121 Å². The first kappa shape index (κ1) is 20.1. The van der Waals surface area contributed by atoms with Crippen LogP contribution in [0.5, 0.6) is 11.5 Å². The van der Waals surface area contributed by atoms with Crippen molar-refractivity contribution in [3.8, 4) is 11.5 Å². The van der Waals surface area contributed by atoms with Gasteiger partial charge in [-0.05, 0) is 24.3 Å². The van der Waals surface area contributed by atoms with Gasteiger partial charge >= 0.3 is 0 Å². The van der Waals surface area contributed by atoms with Crippen LogP contribution in [0.25, 0.3) is 0 Å². The van der Waals surface area contributed by atoms with Crippen LogP contribution in [0, 0.1) is 10.1 Å². The van der Waals surface area contributed by atoms with Gasteiger partial charge in [-0.3, -0.25) is 19.7 Å². The SMILES string of the molecule is COc1cc(C(=O)NCc2ccc(C(=O)c3ccco3)s2)c([N+](=O)[O-])cc1OC. The number of thiophene rings is 1. The molecule has 0 aliphatic rings. The molecule has 0 saturated heterocycles. The van der Waals surface area contributed by atoms with Crippen molar-refractivity contribution in [1.82, 2.24) is 5.32 Å². The third-order valence-electron chi connectivity index (χ3n) is 4.00. The highest BCUT2D eigenvalue weighted by atomic mass is 32.1. The summed E-state index contributed by atoms with van der Waals surface area (Å²) in [6, 6.07) is 8.92. The third kappa shape index (κ3) is 4.27. The Morgan fingerprint density at radius 3 is 2.52 bits per heavy atom. The summed E-state index contributed by atoms with van der Waals surface area (Å²) in [6.45, 7) is 0.0977. The molecule has 1 aromatic carbocycles. The molecule has 10 heteroatoms. The van der Waals surface area contributed by atoms with E-state index in [0.29, 0.717) is 9.75 Å². The first-order valence-corrected chi connectivity index (χ1v) is 9.11. The number of amides is 1. The van der Waals surface area contributed by atoms with Gasteiger partial charge in [-0.2, -0.15) is 0 Å². The van der Waals surface area contributed by atoms with E-state index < -0.39 is 16.5 Å². The lowest BCUT2D eigenvalue weighted by molar-refractivity contribution is -0.385. The highest BCUT2D eigenvalue weighted by molar-refractivity contribution is 7.14. The minimum Gasteiger partial charge on any atom is -0.493 e. The summed E-state index contributed by atoms with van der Waals surface area (Å²) >= 11 is 1.20. The van der Waals surface area contributed by atoms with Crippen molar-refractivity contribution in [2.75, 3.05) is 14.2 Å². The van der Waals surface area contributed by atoms with Crippen LogP contribution >= 0.6 is 11.3 Å². The van der Waals surface area contributed by atoms with Gasteiger partial charge in [-0.15, -0.1) is 11.3 Å². The molecule has 3 aromatic rings. The van der Waals surface area contributed by atoms with E-state index in [9.17, 15) is 19.7 Å². The number of benzene rings is 1. The number of carbonyl (C=O) groups is 2. The van der Waals surface area contributed by atoms with Gasteiger partial charge < -0.3 is 19.2 Å². The Balaban J connectivity index is 1.76. The lowest BCUT2D eigenvalue weighted by Gasteiger charge is -2.10. The van der Waals surface area contributed by atoms with E-state index in [1.54, 1.807) is 24.3 Å². The Morgan fingerprint density at radius 1 is 1.17 bits per heavy atom. The first-order chi connectivity index (χ1) is 13.9. The minimum absolute atomic E-state index is 0.0977. The van der Waals surface area contributed by atoms with Gasteiger partial charge in [0, 0.05) is 10.9 Å². The van der Waals surface area contributed by atoms with Crippen LogP contribution in [-0.4, -0.2) is 30.8 Å². The molecule has 3 rings (SSSR count). The maximum Gasteiger partial charge on any atom is 0.286 e. The largest absolute Gasteiger partial charge is 0.493 e. The van der Waals surface area contributed by atoms with E-state index in [0.717, 1.165) is 6.07 Å². The average Bonchev–Trinajstić information content (AvgIpc) is 3.42. The zero-order valence-electron chi connectivity index (χ0n) is 15.5. The van der Waals surface area contributed by atoms with Crippen molar-refractivity contribution < 1.29 is 28.4 Å². The molecule has 2 aromatic heterocycles. The lowest BCUT2D eigenvalue weighted by Crippen LogP contribution is -2.23. The lowest BCUT2D eigenvalue weighted by atomic mass is 10.1. The Labute approximate surface area is 169 Å². The molecular weight excluding hydrogens is 400 g/mol. The van der Waals surface area contributed by atoms with Crippen molar-refractivity contribution in [1.29, 1.82) is 0 Å². The van der Waals surface area contributed by atoms with Gasteiger partial charge in [0.15, 0.2) is 17.3 Å². The predicted octanol–water partition coefficient (Wildman–Crippen LogP) is 3.43. The smallest absolute Gasteiger partial charge is 0.286 e. The Morgan fingerprint density at radius 2 is 1.90 bits per heavy atom. The van der Waals surface area contributed by atoms with Gasteiger partial charge in [0.05, 0.1) is 42.9 Å². The molecule has 150 valence electrons. The summed E-state index contributed by atoms with van der Waals surface area (Å²) in [7, 11) is 2.72. The number of methoxy groups -OCH3 is 2. The molecule has 1 amide bonds. The van der Waals surface area contributed by atoms with Gasteiger partial charge in [0.1, 0.15) is 5.56 Å². The maximum atomic E-state index is 12.5. The fourth-order valence-electron chi connectivity index (χ4n) is 2.59. The molecule has 0 spiro atoms. The zero-order valence-corrected chi connectivity index (χ0v) is 16.3. The number of hydrogen-bond acceptors (Lipinski definition) is 8. The van der Waals surface area contributed by atoms with Crippen molar-refractivity contribution in [2.45, 2.75) is 6.54 Å². The average molecular weight is 416 g/mol. The zero-order chi connectivity index (χ0) is 21.0. The second-order valence-corrected chi connectivity index (χ2v) is 6.90. The van der Waals surface area contributed by atoms with Gasteiger partial charge in [-0.25, -0.2) is 0 Å². The van der Waals surface area contributed by atoms with E-state index in [-0.39, 0.29) is 35.2 Å². The molecule has 9 nitrogen and oxygen atoms in total. The predicted molar refractivity (Wildman–Crippen MR) is 104 cm³/mol. The second-order valence-electron chi connectivity index (χ2n) is 5.74. The molecule has 0 atom stereocenters. The Kier molecular flexibility index (Phi) is 5.93. The molecule has 0 saturated carbocycles. The molecule has 1 N–H and O–H groups in total. The quantitative estimate of drug-likeness (QED) is 0.339. The van der Waals surface area contributed by atoms with E-state index in [2.05, 4.69) is 5.32 Å². The molecule has 0 bridgehead atoms. The molecule has 0 fully saturated rings. The maximum absolute atomic E-state index is 12.5. The monoisotopic (exact) mass is 416 g/mol. The fraction of sp³-hybridized carbons (Fsp3) is 0.158. The number of ether oxygens (including phenoxy) is 2. The number of nitrogens with zero attached hydrogens (tertiary/aromatic N) is 1. The summed E-state index contributed by atoms with van der Waals surface area (Å²) in [6.07, 6.45) is 1.41. The van der Waals surface area contributed by atoms with E-state index in [1.165, 1.54) is 37.9 Å². The van der Waals surface area contributed by atoms with E-state index >= 15 is 0 Å². The van der Waals surface area contributed by atoms with Crippen molar-refractivity contribution >= 4 is 28.7 Å². The Bertz CT molecular complexity index is 1060. The molecule has 29 heavy (non-hydrogen) atoms. The van der Waals surface area contributed by atoms with Crippen LogP contribution in [0.4, 0.5) is 5.69 Å². The minimum atomic E-state index is -0.665. The number of hydrogen-bond donors (Lipinski definition) is 1. The van der Waals surface area contributed by atoms with E-state index in [4.69, 9.17) is 13.9 Å². The van der Waals surface area contributed by atoms with Crippen LogP contribution < -0.4 is 14.8 Å². The normalized spacial score (nSPS) is 10.4. The number of ketones is 1. The molecule has 0 aliphatic carbocycles. The molecule has 0 aliphatic heterocycles. The van der Waals surface area contributed by atoms with Crippen LogP contribution in [0.2, 0.25) is 0 Å². The van der Waals surface area contributed by atoms with Crippen LogP contribution in [0.1, 0.15) is 30.7 Å². The molecule has 0 unspecified atom stereocenters. The first-order valence-electron chi connectivity index (χ1n) is 8.30. The van der Waals surface area contributed by atoms with Gasteiger partial charge in [0.2, 0.25) is 5.78 Å². The summed E-state index contributed by atoms with van der Waals surface area (Å²) in [5.41, 5.74) is -0.559. The fourth-order valence-corrected chi connectivity index (χ4v) is 3.48. The number of carbonyl (C=O) groups excluding carboxylic acids is 2. The van der Waals surface area contributed by atoms with Crippen LogP contribution in [0.3, 0.4) is 0 Å². The van der Waals surface area contributed by atoms with Crippen molar-refractivity contribution in [3.63, 3.8) is 0 Å². The number of nitro groups is 1. The third-order valence-corrected chi connectivity index (χ3v) is 5.08. The molecule has 2 heterocycles. The van der Waals surface area contributed by atoms with E-state index in [1.807, 2.05) is 0 Å². The van der Waals surface area contributed by atoms with Crippen molar-refractivity contribution in [2.24, 2.45) is 0 Å². The summed E-state index contributed by atoms with van der Waals surface area (Å²) in [5, 5.41) is 14.0. The van der Waals surface area contributed by atoms with Crippen LogP contribution in [-0.2, 0) is 6.54 Å². The number of nitro benzene ring substituents is 1. The molecule has 0 radical (unpaired) electrons. The van der Waals surface area contributed by atoms with Gasteiger partial charge in [0.25, 0.3) is 11.6 Å². The number of furan rings is 1. The number of nitrogens with one attached hydrogen (secondary N) is 1. The van der Waals surface area contributed by atoms with Crippen LogP contribution in [0.15, 0.2) is 47.1 Å². The number of rotatable bonds is 8. The molecular formula is C19H16N2O7S. The highest BCUT2D eigenvalue weighted by Crippen LogP contribution is 2.34. The standard InChI is InChI=1S/C19H16N2O7S/c1-26-15-8-12(13(21(24)25)9-16(15)27-2)19(23)20-10-11-5-6-17(29-11)18(22)14-4-3-7-28-14/h3-9H,10H2,1-2H3,(H,20,23). The van der Waals surface area contributed by atoms with Gasteiger partial charge in [-0.1, -0.05) is 0 Å². The summed E-state index contributed by atoms with van der Waals surface area (Å²) in [4.78, 5) is 36.7. The summed E-state index contributed by atoms with van der Waals surface area (Å²) in [5.74, 6) is -0.331. The highest BCUT2D eigenvalue weighted by Gasteiger charge is 2.24. The summed E-state index contributed by atoms with van der Waals surface area (Å²) < 4.78 is 15.3. The second kappa shape index (κ2) is 8.57. The Hall–Kier alpha value is -3.66. The van der Waals surface area contributed by atoms with Crippen molar-refractivity contribution in [3.05, 3.63) is 73.9 Å².